The van der Waals surface area contributed by atoms with E-state index < -0.39 is 11.9 Å². The van der Waals surface area contributed by atoms with E-state index in [1.165, 1.54) is 12.8 Å². The number of unbranched alkanes of at least 4 members (excludes halogenated alkanes) is 5. The topological polar surface area (TPSA) is 57.6 Å². The second-order valence-corrected chi connectivity index (χ2v) is 5.72. The number of carbonyl (C=O) groups excluding carboxylic acids is 1. The molecule has 1 atom stereocenters. The molecule has 0 aromatic heterocycles. The average Bonchev–Trinajstić information content (AvgIpc) is 2.49. The molecule has 0 bridgehead atoms. The molecular weight excluding hydrogens is 278 g/mol. The predicted molar refractivity (Wildman–Crippen MR) is 90.8 cm³/mol. The molecule has 0 saturated heterocycles. The summed E-state index contributed by atoms with van der Waals surface area (Å²) in [5.41, 5.74) is 0. The predicted octanol–water partition coefficient (Wildman–Crippen LogP) is 4.25. The zero-order chi connectivity index (χ0) is 16.8. The van der Waals surface area contributed by atoms with E-state index in [1.54, 1.807) is 4.90 Å². The van der Waals surface area contributed by atoms with Crippen molar-refractivity contribution in [3.8, 4) is 0 Å². The van der Waals surface area contributed by atoms with Crippen LogP contribution in [0.2, 0.25) is 0 Å². The van der Waals surface area contributed by atoms with Gasteiger partial charge in [-0.05, 0) is 40.0 Å². The van der Waals surface area contributed by atoms with Crippen LogP contribution < -0.4 is 0 Å². The molecule has 1 amide bonds. The van der Waals surface area contributed by atoms with E-state index in [0.29, 0.717) is 19.5 Å². The molecule has 0 spiro atoms. The Morgan fingerprint density at radius 1 is 1.05 bits per heavy atom. The number of hydrogen-bond donors (Lipinski definition) is 1. The van der Waals surface area contributed by atoms with Crippen LogP contribution in [0.4, 0.5) is 0 Å². The van der Waals surface area contributed by atoms with E-state index in [1.807, 2.05) is 20.8 Å². The number of allylic oxidation sites excluding steroid dienone is 2. The van der Waals surface area contributed by atoms with Crippen molar-refractivity contribution in [2.45, 2.75) is 72.1 Å². The summed E-state index contributed by atoms with van der Waals surface area (Å²) in [7, 11) is 0. The third-order valence-corrected chi connectivity index (χ3v) is 4.05. The summed E-state index contributed by atoms with van der Waals surface area (Å²) in [6, 6.07) is 0. The molecular formula is C18H33NO3. The van der Waals surface area contributed by atoms with Gasteiger partial charge in [0.15, 0.2) is 0 Å². The molecule has 0 aromatic carbocycles. The monoisotopic (exact) mass is 311 g/mol. The highest BCUT2D eigenvalue weighted by Gasteiger charge is 2.22. The van der Waals surface area contributed by atoms with E-state index in [4.69, 9.17) is 0 Å². The van der Waals surface area contributed by atoms with E-state index in [-0.39, 0.29) is 12.3 Å². The molecule has 0 heterocycles. The zero-order valence-corrected chi connectivity index (χ0v) is 14.5. The second kappa shape index (κ2) is 13.4. The Morgan fingerprint density at radius 3 is 2.18 bits per heavy atom. The first kappa shape index (κ1) is 20.7. The Hall–Kier alpha value is -1.32. The minimum atomic E-state index is -0.839. The highest BCUT2D eigenvalue weighted by atomic mass is 16.4. The van der Waals surface area contributed by atoms with Crippen molar-refractivity contribution < 1.29 is 14.7 Å². The molecule has 4 nitrogen and oxygen atoms in total. The van der Waals surface area contributed by atoms with Gasteiger partial charge in [0.05, 0.1) is 5.92 Å². The van der Waals surface area contributed by atoms with Gasteiger partial charge in [0.2, 0.25) is 5.91 Å². The number of carboxylic acid groups (broad SMARTS) is 1. The maximum absolute atomic E-state index is 12.0. The maximum Gasteiger partial charge on any atom is 0.307 e. The molecule has 1 unspecified atom stereocenters. The fourth-order valence-corrected chi connectivity index (χ4v) is 2.58. The SMILES string of the molecule is C/C=C/CCCCCCCC(CC(=O)N(CC)CC)C(=O)O. The van der Waals surface area contributed by atoms with Crippen LogP contribution in [-0.4, -0.2) is 35.0 Å². The smallest absolute Gasteiger partial charge is 0.307 e. The van der Waals surface area contributed by atoms with Gasteiger partial charge in [-0.25, -0.2) is 0 Å². The first-order valence-corrected chi connectivity index (χ1v) is 8.68. The number of carbonyl (C=O) groups is 2. The average molecular weight is 311 g/mol. The van der Waals surface area contributed by atoms with Gasteiger partial charge in [-0.15, -0.1) is 0 Å². The van der Waals surface area contributed by atoms with Crippen molar-refractivity contribution in [2.75, 3.05) is 13.1 Å². The molecule has 0 radical (unpaired) electrons. The van der Waals surface area contributed by atoms with Gasteiger partial charge in [0.25, 0.3) is 0 Å². The lowest BCUT2D eigenvalue weighted by Crippen LogP contribution is -2.33. The lowest BCUT2D eigenvalue weighted by molar-refractivity contribution is -0.146. The number of rotatable bonds is 13. The normalized spacial score (nSPS) is 12.5. The third-order valence-electron chi connectivity index (χ3n) is 4.05. The minimum Gasteiger partial charge on any atom is -0.481 e. The van der Waals surface area contributed by atoms with Crippen LogP contribution in [0.5, 0.6) is 0 Å². The van der Waals surface area contributed by atoms with Crippen molar-refractivity contribution in [2.24, 2.45) is 5.92 Å². The number of aliphatic carboxylic acids is 1. The molecule has 0 aromatic rings. The number of nitrogens with zero attached hydrogens (tertiary/aromatic N) is 1. The number of hydrogen-bond acceptors (Lipinski definition) is 2. The highest BCUT2D eigenvalue weighted by Crippen LogP contribution is 2.17. The lowest BCUT2D eigenvalue weighted by Gasteiger charge is -2.21. The molecule has 22 heavy (non-hydrogen) atoms. The van der Waals surface area contributed by atoms with E-state index in [9.17, 15) is 14.7 Å². The number of amides is 1. The Kier molecular flexibility index (Phi) is 12.5. The Balaban J connectivity index is 3.96. The Bertz CT molecular complexity index is 335. The Morgan fingerprint density at radius 2 is 1.64 bits per heavy atom. The van der Waals surface area contributed by atoms with Gasteiger partial charge in [0, 0.05) is 19.5 Å². The zero-order valence-electron chi connectivity index (χ0n) is 14.5. The van der Waals surface area contributed by atoms with Crippen LogP contribution >= 0.6 is 0 Å². The van der Waals surface area contributed by atoms with Crippen molar-refractivity contribution in [1.29, 1.82) is 0 Å². The molecule has 4 heteroatoms. The summed E-state index contributed by atoms with van der Waals surface area (Å²) >= 11 is 0. The van der Waals surface area contributed by atoms with E-state index in [2.05, 4.69) is 12.2 Å². The molecule has 0 aliphatic rings. The summed E-state index contributed by atoms with van der Waals surface area (Å²) in [5.74, 6) is -1.41. The van der Waals surface area contributed by atoms with Gasteiger partial charge in [-0.3, -0.25) is 9.59 Å². The van der Waals surface area contributed by atoms with Crippen LogP contribution in [0.25, 0.3) is 0 Å². The first-order chi connectivity index (χ1) is 10.6. The summed E-state index contributed by atoms with van der Waals surface area (Å²) in [6.07, 6.45) is 11.6. The van der Waals surface area contributed by atoms with Crippen molar-refractivity contribution in [3.05, 3.63) is 12.2 Å². The van der Waals surface area contributed by atoms with Crippen molar-refractivity contribution in [3.63, 3.8) is 0 Å². The van der Waals surface area contributed by atoms with Crippen molar-refractivity contribution >= 4 is 11.9 Å². The van der Waals surface area contributed by atoms with Gasteiger partial charge in [-0.1, -0.05) is 37.8 Å². The first-order valence-electron chi connectivity index (χ1n) is 8.68. The van der Waals surface area contributed by atoms with Gasteiger partial charge >= 0.3 is 5.97 Å². The second-order valence-electron chi connectivity index (χ2n) is 5.72. The Labute approximate surface area is 135 Å². The molecule has 0 aliphatic heterocycles. The van der Waals surface area contributed by atoms with Crippen molar-refractivity contribution in [1.82, 2.24) is 4.90 Å². The third kappa shape index (κ3) is 9.59. The highest BCUT2D eigenvalue weighted by molar-refractivity contribution is 5.82. The van der Waals surface area contributed by atoms with Crippen LogP contribution in [-0.2, 0) is 9.59 Å². The van der Waals surface area contributed by atoms with Crippen LogP contribution in [0, 0.1) is 5.92 Å². The van der Waals surface area contributed by atoms with Crippen LogP contribution in [0.1, 0.15) is 72.1 Å². The quantitative estimate of drug-likeness (QED) is 0.408. The standard InChI is InChI=1S/C18H33NO3/c1-4-7-8-9-10-11-12-13-14-16(18(21)22)15-17(20)19(5-2)6-3/h4,7,16H,5-6,8-15H2,1-3H3,(H,21,22)/b7-4+. The number of carboxylic acids is 1. The fraction of sp³-hybridized carbons (Fsp3) is 0.778. The largest absolute Gasteiger partial charge is 0.481 e. The molecule has 128 valence electrons. The minimum absolute atomic E-state index is 0.0382. The summed E-state index contributed by atoms with van der Waals surface area (Å²) in [5, 5.41) is 9.27. The van der Waals surface area contributed by atoms with Crippen LogP contribution in [0.3, 0.4) is 0 Å². The lowest BCUT2D eigenvalue weighted by atomic mass is 9.96. The van der Waals surface area contributed by atoms with E-state index >= 15 is 0 Å². The summed E-state index contributed by atoms with van der Waals surface area (Å²) in [6.45, 7) is 7.17. The summed E-state index contributed by atoms with van der Waals surface area (Å²) < 4.78 is 0. The molecule has 0 fully saturated rings. The maximum atomic E-state index is 12.0. The van der Waals surface area contributed by atoms with E-state index in [0.717, 1.165) is 25.7 Å². The van der Waals surface area contributed by atoms with Crippen LogP contribution in [0.15, 0.2) is 12.2 Å². The van der Waals surface area contributed by atoms with Gasteiger partial charge < -0.3 is 10.0 Å². The van der Waals surface area contributed by atoms with Gasteiger partial charge in [0.1, 0.15) is 0 Å². The molecule has 0 rings (SSSR count). The molecule has 0 aliphatic carbocycles. The molecule has 1 N–H and O–H groups in total. The summed E-state index contributed by atoms with van der Waals surface area (Å²) in [4.78, 5) is 25.0. The molecule has 0 saturated carbocycles. The fourth-order valence-electron chi connectivity index (χ4n) is 2.58. The van der Waals surface area contributed by atoms with Gasteiger partial charge in [-0.2, -0.15) is 0 Å².